The Bertz CT molecular complexity index is 612. The third-order valence-corrected chi connectivity index (χ3v) is 4.98. The van der Waals surface area contributed by atoms with Crippen LogP contribution in [0, 0.1) is 0 Å². The number of carbonyl (C=O) groups is 2. The molecule has 0 radical (unpaired) electrons. The Kier molecular flexibility index (Phi) is 11.0. The highest BCUT2D eigenvalue weighted by Gasteiger charge is 2.25. The number of guanidine groups is 1. The predicted octanol–water partition coefficient (Wildman–Crippen LogP) is 2.75. The number of nitrogens with one attached hydrogen (secondary N) is 2. The summed E-state index contributed by atoms with van der Waals surface area (Å²) in [6, 6.07) is 7.74. The molecule has 0 saturated carbocycles. The van der Waals surface area contributed by atoms with Crippen LogP contribution in [0.2, 0.25) is 5.02 Å². The Labute approximate surface area is 180 Å². The number of nitrogens with zero attached hydrogens (tertiary/aromatic N) is 2. The Balaban J connectivity index is 0.00000338. The van der Waals surface area contributed by atoms with Gasteiger partial charge in [-0.05, 0) is 30.7 Å². The molecule has 1 heterocycles. The zero-order chi connectivity index (χ0) is 18.1. The van der Waals surface area contributed by atoms with Crippen LogP contribution in [0.4, 0.5) is 0 Å². The number of hydrogen-bond donors (Lipinski definition) is 2. The van der Waals surface area contributed by atoms with Gasteiger partial charge in [-0.25, -0.2) is 0 Å². The van der Waals surface area contributed by atoms with E-state index in [2.05, 4.69) is 15.6 Å². The van der Waals surface area contributed by atoms with Crippen molar-refractivity contribution in [2.24, 2.45) is 4.99 Å². The minimum Gasteiger partial charge on any atom is -0.356 e. The Morgan fingerprint density at radius 2 is 1.77 bits per heavy atom. The molecule has 1 aliphatic heterocycles. The van der Waals surface area contributed by atoms with Gasteiger partial charge in [0.15, 0.2) is 5.96 Å². The molecule has 0 aromatic heterocycles. The van der Waals surface area contributed by atoms with Crippen LogP contribution in [0.25, 0.3) is 0 Å². The number of rotatable bonds is 7. The number of thioether (sulfide) groups is 1. The third-order valence-electron chi connectivity index (χ3n) is 3.71. The topological polar surface area (TPSA) is 73.8 Å². The lowest BCUT2D eigenvalue weighted by molar-refractivity contribution is -0.147. The number of halogens is 2. The van der Waals surface area contributed by atoms with E-state index >= 15 is 0 Å². The first-order valence-electron chi connectivity index (χ1n) is 8.26. The van der Waals surface area contributed by atoms with Crippen molar-refractivity contribution in [2.75, 3.05) is 32.4 Å². The van der Waals surface area contributed by atoms with Gasteiger partial charge in [0.05, 0.1) is 0 Å². The van der Waals surface area contributed by atoms with Crippen LogP contribution in [0.5, 0.6) is 0 Å². The maximum absolute atomic E-state index is 11.7. The van der Waals surface area contributed by atoms with Crippen LogP contribution in [-0.2, 0) is 9.59 Å². The Hall–Kier alpha value is -1.00. The van der Waals surface area contributed by atoms with Crippen LogP contribution in [0.15, 0.2) is 34.2 Å². The second kappa shape index (κ2) is 12.4. The highest BCUT2D eigenvalue weighted by molar-refractivity contribution is 14.0. The summed E-state index contributed by atoms with van der Waals surface area (Å²) in [5, 5.41) is 7.08. The van der Waals surface area contributed by atoms with Gasteiger partial charge < -0.3 is 10.6 Å². The summed E-state index contributed by atoms with van der Waals surface area (Å²) in [6.07, 6.45) is 1.58. The maximum atomic E-state index is 11.7. The smallest absolute Gasteiger partial charge is 0.229 e. The highest BCUT2D eigenvalue weighted by atomic mass is 127. The molecule has 0 atom stereocenters. The minimum absolute atomic E-state index is 0. The molecule has 1 aromatic rings. The fourth-order valence-corrected chi connectivity index (χ4v) is 3.32. The number of carbonyl (C=O) groups excluding carboxylic acids is 2. The van der Waals surface area contributed by atoms with E-state index in [1.54, 1.807) is 18.8 Å². The molecule has 26 heavy (non-hydrogen) atoms. The molecule has 144 valence electrons. The summed E-state index contributed by atoms with van der Waals surface area (Å²) in [6.45, 7) is 1.61. The van der Waals surface area contributed by atoms with Crippen LogP contribution >= 0.6 is 47.3 Å². The molecule has 2 N–H and O–H groups in total. The second-order valence-electron chi connectivity index (χ2n) is 5.52. The molecule has 2 rings (SSSR count). The number of aliphatic imine (C=N–C) groups is 1. The predicted molar refractivity (Wildman–Crippen MR) is 118 cm³/mol. The van der Waals surface area contributed by atoms with E-state index in [1.165, 1.54) is 4.90 Å². The van der Waals surface area contributed by atoms with E-state index in [1.807, 2.05) is 24.3 Å². The molecule has 0 aliphatic carbocycles. The molecule has 9 heteroatoms. The number of imide groups is 1. The SMILES string of the molecule is CN=C(NCCSc1ccc(Cl)cc1)NCCN1C(=O)CCCC1=O.I. The van der Waals surface area contributed by atoms with Crippen molar-refractivity contribution >= 4 is 65.1 Å². The summed E-state index contributed by atoms with van der Waals surface area (Å²) < 4.78 is 0. The molecule has 0 unspecified atom stereocenters. The van der Waals surface area contributed by atoms with Crippen molar-refractivity contribution in [3.05, 3.63) is 29.3 Å². The standard InChI is InChI=1S/C17H23ClN4O2S.HI/c1-19-17(20-9-11-22-15(23)3-2-4-16(22)24)21-10-12-25-14-7-5-13(18)6-8-14;/h5-8H,2-4,9-12H2,1H3,(H2,19,20,21);1H. The lowest BCUT2D eigenvalue weighted by atomic mass is 10.1. The molecule has 1 aromatic carbocycles. The van der Waals surface area contributed by atoms with Gasteiger partial charge in [-0.3, -0.25) is 19.5 Å². The second-order valence-corrected chi connectivity index (χ2v) is 7.13. The van der Waals surface area contributed by atoms with Crippen LogP contribution in [0.3, 0.4) is 0 Å². The van der Waals surface area contributed by atoms with Gasteiger partial charge in [0.2, 0.25) is 11.8 Å². The fraction of sp³-hybridized carbons (Fsp3) is 0.471. The normalized spacial score (nSPS) is 14.8. The van der Waals surface area contributed by atoms with Crippen molar-refractivity contribution in [3.8, 4) is 0 Å². The number of amides is 2. The summed E-state index contributed by atoms with van der Waals surface area (Å²) in [7, 11) is 1.69. The quantitative estimate of drug-likeness (QED) is 0.147. The van der Waals surface area contributed by atoms with Crippen LogP contribution in [-0.4, -0.2) is 55.1 Å². The first-order valence-corrected chi connectivity index (χ1v) is 9.62. The van der Waals surface area contributed by atoms with E-state index in [4.69, 9.17) is 11.6 Å². The molecule has 1 fully saturated rings. The number of benzene rings is 1. The molecule has 1 saturated heterocycles. The number of likely N-dealkylation sites (tertiary alicyclic amines) is 1. The van der Waals surface area contributed by atoms with Gasteiger partial charge in [0.25, 0.3) is 0 Å². The van der Waals surface area contributed by atoms with E-state index in [9.17, 15) is 9.59 Å². The molecular formula is C17H24ClIN4O2S. The number of hydrogen-bond acceptors (Lipinski definition) is 4. The van der Waals surface area contributed by atoms with Gasteiger partial charge in [-0.1, -0.05) is 11.6 Å². The van der Waals surface area contributed by atoms with E-state index < -0.39 is 0 Å². The first-order chi connectivity index (χ1) is 12.1. The molecule has 1 aliphatic rings. The van der Waals surface area contributed by atoms with Crippen molar-refractivity contribution in [3.63, 3.8) is 0 Å². The Morgan fingerprint density at radius 1 is 1.15 bits per heavy atom. The van der Waals surface area contributed by atoms with E-state index in [0.717, 1.165) is 22.2 Å². The summed E-state index contributed by atoms with van der Waals surface area (Å²) in [5.74, 6) is 1.38. The number of piperidine rings is 1. The highest BCUT2D eigenvalue weighted by Crippen LogP contribution is 2.19. The van der Waals surface area contributed by atoms with Gasteiger partial charge in [0, 0.05) is 55.2 Å². The minimum atomic E-state index is -0.0830. The average Bonchev–Trinajstić information content (AvgIpc) is 2.61. The van der Waals surface area contributed by atoms with E-state index in [-0.39, 0.29) is 35.8 Å². The lowest BCUT2D eigenvalue weighted by Gasteiger charge is -2.25. The summed E-state index contributed by atoms with van der Waals surface area (Å²) in [5.41, 5.74) is 0. The fourth-order valence-electron chi connectivity index (χ4n) is 2.43. The Morgan fingerprint density at radius 3 is 2.38 bits per heavy atom. The first kappa shape index (κ1) is 23.0. The van der Waals surface area contributed by atoms with Crippen molar-refractivity contribution in [2.45, 2.75) is 24.2 Å². The molecule has 0 bridgehead atoms. The molecular weight excluding hydrogens is 487 g/mol. The van der Waals surface area contributed by atoms with Crippen LogP contribution in [0.1, 0.15) is 19.3 Å². The van der Waals surface area contributed by atoms with Gasteiger partial charge in [0.1, 0.15) is 0 Å². The third kappa shape index (κ3) is 7.71. The average molecular weight is 511 g/mol. The largest absolute Gasteiger partial charge is 0.356 e. The lowest BCUT2D eigenvalue weighted by Crippen LogP contribution is -2.46. The maximum Gasteiger partial charge on any atom is 0.229 e. The molecule has 6 nitrogen and oxygen atoms in total. The molecule has 0 spiro atoms. The summed E-state index contributed by atoms with van der Waals surface area (Å²) in [4.78, 5) is 30.1. The van der Waals surface area contributed by atoms with Gasteiger partial charge >= 0.3 is 0 Å². The van der Waals surface area contributed by atoms with Gasteiger partial charge in [-0.15, -0.1) is 35.7 Å². The van der Waals surface area contributed by atoms with Gasteiger partial charge in [-0.2, -0.15) is 0 Å². The zero-order valence-electron chi connectivity index (χ0n) is 14.7. The van der Waals surface area contributed by atoms with Crippen LogP contribution < -0.4 is 10.6 Å². The van der Waals surface area contributed by atoms with E-state index in [0.29, 0.717) is 38.3 Å². The van der Waals surface area contributed by atoms with Crippen molar-refractivity contribution in [1.82, 2.24) is 15.5 Å². The zero-order valence-corrected chi connectivity index (χ0v) is 18.6. The molecule has 2 amide bonds. The monoisotopic (exact) mass is 510 g/mol. The van der Waals surface area contributed by atoms with Crippen molar-refractivity contribution in [1.29, 1.82) is 0 Å². The summed E-state index contributed by atoms with van der Waals surface area (Å²) >= 11 is 7.59. The van der Waals surface area contributed by atoms with Crippen molar-refractivity contribution < 1.29 is 9.59 Å².